The van der Waals surface area contributed by atoms with Crippen molar-refractivity contribution in [3.05, 3.63) is 76.4 Å². The lowest BCUT2D eigenvalue weighted by Crippen LogP contribution is -2.29. The number of halogens is 6. The maximum absolute atomic E-state index is 15.2. The summed E-state index contributed by atoms with van der Waals surface area (Å²) in [6.07, 6.45) is 7.87. The highest BCUT2D eigenvalue weighted by molar-refractivity contribution is 5.32. The van der Waals surface area contributed by atoms with Crippen molar-refractivity contribution in [2.75, 3.05) is 0 Å². The lowest BCUT2D eigenvalue weighted by atomic mass is 9.68. The first kappa shape index (κ1) is 28.1. The SMILES string of the molecule is CC1CCC(C2CCC(c3ccc(C4CC=C(C(F)(F)Oc5cc(F)c(F)c(F)c5)CC4)c(F)c3)CC2)CC1. The first-order chi connectivity index (χ1) is 18.6. The lowest BCUT2D eigenvalue weighted by molar-refractivity contribution is -0.145. The van der Waals surface area contributed by atoms with Crippen molar-refractivity contribution in [1.29, 1.82) is 0 Å². The molecule has 1 nitrogen and oxygen atoms in total. The third kappa shape index (κ3) is 6.33. The number of ether oxygens (including phenoxy) is 1. The van der Waals surface area contributed by atoms with Gasteiger partial charge in [0.15, 0.2) is 17.5 Å². The molecule has 5 rings (SSSR count). The molecule has 1 unspecified atom stereocenters. The molecule has 2 aromatic rings. The van der Waals surface area contributed by atoms with Gasteiger partial charge in [-0.2, -0.15) is 8.78 Å². The molecule has 1 atom stereocenters. The Morgan fingerprint density at radius 2 is 1.33 bits per heavy atom. The summed E-state index contributed by atoms with van der Waals surface area (Å²) in [4.78, 5) is 0. The van der Waals surface area contributed by atoms with E-state index in [1.54, 1.807) is 6.07 Å². The average molecular weight is 551 g/mol. The van der Waals surface area contributed by atoms with Crippen molar-refractivity contribution in [1.82, 2.24) is 0 Å². The summed E-state index contributed by atoms with van der Waals surface area (Å²) in [5.41, 5.74) is 1.20. The van der Waals surface area contributed by atoms with E-state index in [4.69, 9.17) is 0 Å². The molecule has 0 N–H and O–H groups in total. The molecule has 3 aliphatic carbocycles. The topological polar surface area (TPSA) is 9.23 Å². The molecular weight excluding hydrogens is 514 g/mol. The van der Waals surface area contributed by atoms with Crippen molar-refractivity contribution in [2.24, 2.45) is 17.8 Å². The summed E-state index contributed by atoms with van der Waals surface area (Å²) in [7, 11) is 0. The van der Waals surface area contributed by atoms with Crippen LogP contribution in [0.1, 0.15) is 101 Å². The van der Waals surface area contributed by atoms with E-state index in [2.05, 4.69) is 11.7 Å². The molecule has 7 heteroatoms. The summed E-state index contributed by atoms with van der Waals surface area (Å²) in [5.74, 6) is -3.44. The van der Waals surface area contributed by atoms with Crippen molar-refractivity contribution < 1.29 is 31.1 Å². The van der Waals surface area contributed by atoms with Crippen LogP contribution in [0.2, 0.25) is 0 Å². The minimum absolute atomic E-state index is 0.0605. The number of hydrogen-bond donors (Lipinski definition) is 0. The molecule has 0 spiro atoms. The Hall–Kier alpha value is -2.44. The van der Waals surface area contributed by atoms with E-state index >= 15 is 4.39 Å². The Morgan fingerprint density at radius 3 is 1.90 bits per heavy atom. The molecule has 212 valence electrons. The second kappa shape index (κ2) is 11.6. The van der Waals surface area contributed by atoms with Gasteiger partial charge in [0.05, 0.1) is 0 Å². The zero-order chi connectivity index (χ0) is 27.7. The summed E-state index contributed by atoms with van der Waals surface area (Å²) < 4.78 is 89.1. The summed E-state index contributed by atoms with van der Waals surface area (Å²) in [5, 5.41) is 0. The van der Waals surface area contributed by atoms with Gasteiger partial charge in [0.1, 0.15) is 11.6 Å². The van der Waals surface area contributed by atoms with Gasteiger partial charge in [-0.15, -0.1) is 0 Å². The van der Waals surface area contributed by atoms with Gasteiger partial charge in [-0.05, 0) is 105 Å². The van der Waals surface area contributed by atoms with Gasteiger partial charge >= 0.3 is 6.11 Å². The summed E-state index contributed by atoms with van der Waals surface area (Å²) >= 11 is 0. The van der Waals surface area contributed by atoms with E-state index in [0.29, 0.717) is 23.6 Å². The van der Waals surface area contributed by atoms with E-state index in [9.17, 15) is 22.0 Å². The van der Waals surface area contributed by atoms with Crippen molar-refractivity contribution in [3.8, 4) is 5.75 Å². The Bertz CT molecular complexity index is 1170. The second-order valence-corrected chi connectivity index (χ2v) is 11.9. The zero-order valence-corrected chi connectivity index (χ0v) is 22.3. The van der Waals surface area contributed by atoms with Gasteiger partial charge < -0.3 is 4.74 Å². The standard InChI is InChI=1S/C32H36F6O/c1-19-2-4-20(5-3-19)21-6-8-22(9-7-21)24-12-15-27(28(33)16-24)23-10-13-25(14-11-23)32(37,38)39-26-17-29(34)31(36)30(35)18-26/h12-13,15-23H,2-11,14H2,1H3. The predicted octanol–water partition coefficient (Wildman–Crippen LogP) is 10.2. The fourth-order valence-corrected chi connectivity index (χ4v) is 7.00. The number of allylic oxidation sites excluding steroid dienone is 1. The van der Waals surface area contributed by atoms with Crippen LogP contribution in [0, 0.1) is 41.0 Å². The van der Waals surface area contributed by atoms with Crippen LogP contribution >= 0.6 is 0 Å². The summed E-state index contributed by atoms with van der Waals surface area (Å²) in [6.45, 7) is 2.35. The van der Waals surface area contributed by atoms with E-state index in [0.717, 1.165) is 36.2 Å². The van der Waals surface area contributed by atoms with Crippen LogP contribution in [-0.2, 0) is 0 Å². The number of hydrogen-bond acceptors (Lipinski definition) is 1. The van der Waals surface area contributed by atoms with Crippen LogP contribution in [0.3, 0.4) is 0 Å². The Morgan fingerprint density at radius 1 is 0.718 bits per heavy atom. The number of rotatable bonds is 6. The fourth-order valence-electron chi connectivity index (χ4n) is 7.00. The molecule has 0 saturated heterocycles. The van der Waals surface area contributed by atoms with E-state index in [-0.39, 0.29) is 36.6 Å². The highest BCUT2D eigenvalue weighted by atomic mass is 19.3. The molecule has 0 aromatic heterocycles. The van der Waals surface area contributed by atoms with Gasteiger partial charge in [-0.25, -0.2) is 17.6 Å². The average Bonchev–Trinajstić information content (AvgIpc) is 2.92. The molecule has 0 heterocycles. The van der Waals surface area contributed by atoms with Crippen LogP contribution in [0.4, 0.5) is 26.3 Å². The quantitative estimate of drug-likeness (QED) is 0.198. The van der Waals surface area contributed by atoms with Gasteiger partial charge in [0.2, 0.25) is 0 Å². The third-order valence-electron chi connectivity index (χ3n) is 9.42. The first-order valence-corrected chi connectivity index (χ1v) is 14.3. The van der Waals surface area contributed by atoms with Gasteiger partial charge in [0.25, 0.3) is 0 Å². The van der Waals surface area contributed by atoms with Crippen LogP contribution in [0.5, 0.6) is 5.75 Å². The number of alkyl halides is 2. The van der Waals surface area contributed by atoms with Gasteiger partial charge in [0, 0.05) is 17.7 Å². The lowest BCUT2D eigenvalue weighted by Gasteiger charge is -2.37. The number of benzene rings is 2. The Labute approximate surface area is 226 Å². The monoisotopic (exact) mass is 550 g/mol. The molecule has 3 aliphatic rings. The van der Waals surface area contributed by atoms with Crippen molar-refractivity contribution in [3.63, 3.8) is 0 Å². The van der Waals surface area contributed by atoms with E-state index in [1.807, 2.05) is 12.1 Å². The highest BCUT2D eigenvalue weighted by Crippen LogP contribution is 2.45. The minimum atomic E-state index is -3.82. The molecular formula is C32H36F6O. The van der Waals surface area contributed by atoms with E-state index < -0.39 is 29.3 Å². The molecule has 0 amide bonds. The maximum atomic E-state index is 15.2. The highest BCUT2D eigenvalue weighted by Gasteiger charge is 2.39. The first-order valence-electron chi connectivity index (χ1n) is 14.3. The third-order valence-corrected chi connectivity index (χ3v) is 9.42. The smallest absolute Gasteiger partial charge is 0.422 e. The molecule has 39 heavy (non-hydrogen) atoms. The van der Waals surface area contributed by atoms with Crippen LogP contribution < -0.4 is 4.74 Å². The predicted molar refractivity (Wildman–Crippen MR) is 139 cm³/mol. The van der Waals surface area contributed by atoms with Gasteiger partial charge in [-0.3, -0.25) is 0 Å². The van der Waals surface area contributed by atoms with Gasteiger partial charge in [-0.1, -0.05) is 38.0 Å². The maximum Gasteiger partial charge on any atom is 0.422 e. The van der Waals surface area contributed by atoms with Crippen LogP contribution in [0.15, 0.2) is 42.0 Å². The normalized spacial score (nSPS) is 28.2. The molecule has 0 radical (unpaired) electrons. The largest absolute Gasteiger partial charge is 0.429 e. The minimum Gasteiger partial charge on any atom is -0.429 e. The van der Waals surface area contributed by atoms with E-state index in [1.165, 1.54) is 44.6 Å². The van der Waals surface area contributed by atoms with Crippen LogP contribution in [0.25, 0.3) is 0 Å². The zero-order valence-electron chi connectivity index (χ0n) is 22.3. The summed E-state index contributed by atoms with van der Waals surface area (Å²) in [6, 6.07) is 6.22. The molecule has 2 fully saturated rings. The van der Waals surface area contributed by atoms with Crippen molar-refractivity contribution >= 4 is 0 Å². The van der Waals surface area contributed by atoms with Crippen LogP contribution in [-0.4, -0.2) is 6.11 Å². The molecule has 2 saturated carbocycles. The van der Waals surface area contributed by atoms with Crippen molar-refractivity contribution in [2.45, 2.75) is 95.5 Å². The Balaban J connectivity index is 1.18. The molecule has 0 aliphatic heterocycles. The second-order valence-electron chi connectivity index (χ2n) is 11.9. The fraction of sp³-hybridized carbons (Fsp3) is 0.562. The molecule has 2 aromatic carbocycles. The molecule has 0 bridgehead atoms. The Kier molecular flexibility index (Phi) is 8.34.